The molecule has 0 aliphatic rings. The van der Waals surface area contributed by atoms with Crippen LogP contribution in [0.15, 0.2) is 58.1 Å². The number of hydrogen-bond acceptors (Lipinski definition) is 3. The highest BCUT2D eigenvalue weighted by Gasteiger charge is 2.02. The van der Waals surface area contributed by atoms with Crippen LogP contribution in [0, 0.1) is 0 Å². The summed E-state index contributed by atoms with van der Waals surface area (Å²) in [7, 11) is 0. The smallest absolute Gasteiger partial charge is 0.244 e. The van der Waals surface area contributed by atoms with Crippen molar-refractivity contribution in [3.8, 4) is 5.75 Å². The first-order chi connectivity index (χ1) is 9.63. The van der Waals surface area contributed by atoms with E-state index in [1.807, 2.05) is 24.3 Å². The van der Waals surface area contributed by atoms with E-state index in [-0.39, 0.29) is 18.1 Å². The summed E-state index contributed by atoms with van der Waals surface area (Å²) >= 11 is 3.36. The molecule has 2 N–H and O–H groups in total. The zero-order valence-corrected chi connectivity index (χ0v) is 12.2. The molecule has 102 valence electrons. The van der Waals surface area contributed by atoms with Crippen LogP contribution in [0.25, 0.3) is 0 Å². The van der Waals surface area contributed by atoms with Crippen molar-refractivity contribution in [2.45, 2.75) is 6.42 Å². The van der Waals surface area contributed by atoms with Crippen LogP contribution in [-0.4, -0.2) is 17.2 Å². The van der Waals surface area contributed by atoms with Crippen molar-refractivity contribution in [1.82, 2.24) is 5.43 Å². The Balaban J connectivity index is 1.89. The van der Waals surface area contributed by atoms with Crippen LogP contribution in [0.4, 0.5) is 0 Å². The number of benzene rings is 2. The first-order valence-corrected chi connectivity index (χ1v) is 6.78. The molecule has 20 heavy (non-hydrogen) atoms. The number of hydrazone groups is 1. The second kappa shape index (κ2) is 6.86. The normalized spacial score (nSPS) is 10.7. The summed E-state index contributed by atoms with van der Waals surface area (Å²) in [6.07, 6.45) is 1.75. The van der Waals surface area contributed by atoms with E-state index in [4.69, 9.17) is 0 Å². The molecule has 0 aliphatic carbocycles. The lowest BCUT2D eigenvalue weighted by Crippen LogP contribution is -2.19. The Morgan fingerprint density at radius 1 is 1.25 bits per heavy atom. The third-order valence-corrected chi connectivity index (χ3v) is 3.02. The monoisotopic (exact) mass is 332 g/mol. The van der Waals surface area contributed by atoms with Gasteiger partial charge in [-0.3, -0.25) is 4.79 Å². The summed E-state index contributed by atoms with van der Waals surface area (Å²) in [5.74, 6) is -0.0882. The molecule has 0 saturated carbocycles. The van der Waals surface area contributed by atoms with Gasteiger partial charge >= 0.3 is 0 Å². The van der Waals surface area contributed by atoms with Gasteiger partial charge in [0.1, 0.15) is 5.75 Å². The molecule has 0 aromatic heterocycles. The maximum atomic E-state index is 11.7. The number of amides is 1. The van der Waals surface area contributed by atoms with E-state index in [2.05, 4.69) is 26.5 Å². The molecule has 2 aromatic carbocycles. The van der Waals surface area contributed by atoms with Crippen molar-refractivity contribution in [2.75, 3.05) is 0 Å². The lowest BCUT2D eigenvalue weighted by Gasteiger charge is -2.01. The van der Waals surface area contributed by atoms with E-state index < -0.39 is 0 Å². The Bertz CT molecular complexity index is 641. The van der Waals surface area contributed by atoms with Crippen LogP contribution < -0.4 is 5.43 Å². The summed E-state index contributed by atoms with van der Waals surface area (Å²) < 4.78 is 0.951. The molecule has 0 fully saturated rings. The summed E-state index contributed by atoms with van der Waals surface area (Å²) in [6.45, 7) is 0. The highest BCUT2D eigenvalue weighted by Crippen LogP contribution is 2.11. The van der Waals surface area contributed by atoms with Crippen molar-refractivity contribution in [1.29, 1.82) is 0 Å². The number of phenolic OH excluding ortho intramolecular Hbond substituents is 1. The number of hydrogen-bond donors (Lipinski definition) is 2. The molecule has 4 nitrogen and oxygen atoms in total. The van der Waals surface area contributed by atoms with E-state index in [1.54, 1.807) is 30.5 Å². The van der Waals surface area contributed by atoms with Crippen molar-refractivity contribution in [3.63, 3.8) is 0 Å². The van der Waals surface area contributed by atoms with E-state index >= 15 is 0 Å². The van der Waals surface area contributed by atoms with Crippen molar-refractivity contribution < 1.29 is 9.90 Å². The predicted octanol–water partition coefficient (Wildman–Crippen LogP) is 2.85. The molecule has 0 unspecified atom stereocenters. The van der Waals surface area contributed by atoms with Crippen LogP contribution >= 0.6 is 15.9 Å². The predicted molar refractivity (Wildman–Crippen MR) is 81.7 cm³/mol. The zero-order valence-electron chi connectivity index (χ0n) is 10.6. The fourth-order valence-corrected chi connectivity index (χ4v) is 2.07. The molecule has 1 amide bonds. The Labute approximate surface area is 125 Å². The number of nitrogens with one attached hydrogen (secondary N) is 1. The van der Waals surface area contributed by atoms with Crippen molar-refractivity contribution in [2.24, 2.45) is 5.10 Å². The number of nitrogens with zero attached hydrogens (tertiary/aromatic N) is 1. The molecule has 0 bridgehead atoms. The van der Waals surface area contributed by atoms with E-state index in [0.717, 1.165) is 15.6 Å². The van der Waals surface area contributed by atoms with Gasteiger partial charge in [-0.1, -0.05) is 40.2 Å². The first-order valence-electron chi connectivity index (χ1n) is 5.99. The Morgan fingerprint density at radius 3 is 2.80 bits per heavy atom. The molecule has 5 heteroatoms. The van der Waals surface area contributed by atoms with Crippen LogP contribution in [0.3, 0.4) is 0 Å². The third-order valence-electron chi connectivity index (χ3n) is 2.53. The van der Waals surface area contributed by atoms with E-state index in [0.29, 0.717) is 0 Å². The molecular weight excluding hydrogens is 320 g/mol. The summed E-state index contributed by atoms with van der Waals surface area (Å²) in [6, 6.07) is 14.2. The molecule has 0 spiro atoms. The fourth-order valence-electron chi connectivity index (χ4n) is 1.66. The average Bonchev–Trinajstić information content (AvgIpc) is 2.38. The maximum absolute atomic E-state index is 11.7. The maximum Gasteiger partial charge on any atom is 0.244 e. The fraction of sp³-hybridized carbons (Fsp3) is 0.0667. The Hall–Kier alpha value is -2.14. The minimum atomic E-state index is -0.234. The van der Waals surface area contributed by atoms with Gasteiger partial charge in [-0.2, -0.15) is 5.10 Å². The number of carbonyl (C=O) groups excluding carboxylic acids is 1. The highest BCUT2D eigenvalue weighted by molar-refractivity contribution is 9.10. The molecule has 0 atom stereocenters. The van der Waals surface area contributed by atoms with Gasteiger partial charge < -0.3 is 5.11 Å². The Morgan fingerprint density at radius 2 is 2.05 bits per heavy atom. The lowest BCUT2D eigenvalue weighted by molar-refractivity contribution is -0.120. The van der Waals surface area contributed by atoms with Crippen LogP contribution in [0.2, 0.25) is 0 Å². The van der Waals surface area contributed by atoms with E-state index in [1.165, 1.54) is 0 Å². The molecule has 0 saturated heterocycles. The second-order valence-electron chi connectivity index (χ2n) is 4.19. The summed E-state index contributed by atoms with van der Waals surface area (Å²) in [4.78, 5) is 11.7. The molecule has 0 heterocycles. The largest absolute Gasteiger partial charge is 0.508 e. The molecular formula is C15H13BrN2O2. The van der Waals surface area contributed by atoms with E-state index in [9.17, 15) is 9.90 Å². The van der Waals surface area contributed by atoms with Gasteiger partial charge in [0.2, 0.25) is 5.91 Å². The number of phenols is 1. The van der Waals surface area contributed by atoms with Gasteiger partial charge in [-0.25, -0.2) is 5.43 Å². The SMILES string of the molecule is O=C(Cc1cccc(O)c1)NN=Cc1cccc(Br)c1. The third kappa shape index (κ3) is 4.51. The molecule has 0 aliphatic heterocycles. The number of rotatable bonds is 4. The highest BCUT2D eigenvalue weighted by atomic mass is 79.9. The quantitative estimate of drug-likeness (QED) is 0.668. The van der Waals surface area contributed by atoms with Crippen LogP contribution in [-0.2, 0) is 11.2 Å². The average molecular weight is 333 g/mol. The van der Waals surface area contributed by atoms with Crippen molar-refractivity contribution >= 4 is 28.1 Å². The first kappa shape index (κ1) is 14.3. The van der Waals surface area contributed by atoms with Gasteiger partial charge in [-0.15, -0.1) is 0 Å². The number of halogens is 1. The van der Waals surface area contributed by atoms with Gasteiger partial charge in [0.25, 0.3) is 0 Å². The number of aromatic hydroxyl groups is 1. The van der Waals surface area contributed by atoms with Crippen LogP contribution in [0.1, 0.15) is 11.1 Å². The second-order valence-corrected chi connectivity index (χ2v) is 5.11. The van der Waals surface area contributed by atoms with Crippen LogP contribution in [0.5, 0.6) is 5.75 Å². The van der Waals surface area contributed by atoms with Crippen molar-refractivity contribution in [3.05, 3.63) is 64.1 Å². The summed E-state index contributed by atoms with van der Waals surface area (Å²) in [5.41, 5.74) is 4.07. The number of carbonyl (C=O) groups is 1. The zero-order chi connectivity index (χ0) is 14.4. The molecule has 0 radical (unpaired) electrons. The lowest BCUT2D eigenvalue weighted by atomic mass is 10.1. The summed E-state index contributed by atoms with van der Waals surface area (Å²) in [5, 5.41) is 13.2. The minimum absolute atomic E-state index is 0.146. The Kier molecular flexibility index (Phi) is 4.90. The molecule has 2 rings (SSSR count). The standard InChI is InChI=1S/C15H13BrN2O2/c16-13-5-1-4-12(7-13)10-17-18-15(20)9-11-3-2-6-14(19)8-11/h1-8,10,19H,9H2,(H,18,20). The minimum Gasteiger partial charge on any atom is -0.508 e. The van der Waals surface area contributed by atoms with Gasteiger partial charge in [0, 0.05) is 4.47 Å². The molecule has 2 aromatic rings. The van der Waals surface area contributed by atoms with Gasteiger partial charge in [-0.05, 0) is 35.4 Å². The van der Waals surface area contributed by atoms with Gasteiger partial charge in [0.05, 0.1) is 12.6 Å². The van der Waals surface area contributed by atoms with Gasteiger partial charge in [0.15, 0.2) is 0 Å². The topological polar surface area (TPSA) is 61.7 Å².